The van der Waals surface area contributed by atoms with Gasteiger partial charge in [0.2, 0.25) is 0 Å². The highest BCUT2D eigenvalue weighted by Crippen LogP contribution is 2.46. The lowest BCUT2D eigenvalue weighted by atomic mass is 10.1. The number of nitrogens with zero attached hydrogens (tertiary/aromatic N) is 1. The summed E-state index contributed by atoms with van der Waals surface area (Å²) in [6.45, 7) is 2.03. The molecule has 0 spiro atoms. The first-order valence-corrected chi connectivity index (χ1v) is 7.78. The summed E-state index contributed by atoms with van der Waals surface area (Å²) in [5.74, 6) is 0.806. The van der Waals surface area contributed by atoms with Crippen LogP contribution in [0.1, 0.15) is 11.3 Å². The Morgan fingerprint density at radius 2 is 2.21 bits per heavy atom. The molecule has 1 aromatic heterocycles. The lowest BCUT2D eigenvalue weighted by Crippen LogP contribution is -2.10. The number of rotatable bonds is 2. The van der Waals surface area contributed by atoms with Gasteiger partial charge in [0.15, 0.2) is 0 Å². The number of para-hydroxylation sites is 1. The minimum atomic E-state index is -0.363. The van der Waals surface area contributed by atoms with Crippen molar-refractivity contribution in [3.05, 3.63) is 29.5 Å². The zero-order chi connectivity index (χ0) is 13.6. The molecule has 3 rings (SSSR count). The third-order valence-corrected chi connectivity index (χ3v) is 5.76. The average molecular weight is 314 g/mol. The molecular weight excluding hydrogens is 301 g/mol. The average Bonchev–Trinajstić information content (AvgIpc) is 2.84. The Kier molecular flexibility index (Phi) is 3.54. The zero-order valence-electron chi connectivity index (χ0n) is 10.6. The second-order valence-corrected chi connectivity index (χ2v) is 6.97. The van der Waals surface area contributed by atoms with E-state index in [1.807, 2.05) is 19.1 Å². The fourth-order valence-electron chi connectivity index (χ4n) is 2.46. The van der Waals surface area contributed by atoms with Crippen LogP contribution in [0.3, 0.4) is 0 Å². The van der Waals surface area contributed by atoms with Crippen molar-refractivity contribution in [3.8, 4) is 5.75 Å². The molecule has 0 aliphatic carbocycles. The smallest absolute Gasteiger partial charge is 0.145 e. The number of hydrogen-bond donors (Lipinski definition) is 0. The van der Waals surface area contributed by atoms with Crippen molar-refractivity contribution in [3.63, 3.8) is 0 Å². The fourth-order valence-corrected chi connectivity index (χ4v) is 4.26. The van der Waals surface area contributed by atoms with E-state index in [-0.39, 0.29) is 10.1 Å². The van der Waals surface area contributed by atoms with E-state index < -0.39 is 0 Å². The molecule has 0 unspecified atom stereocenters. The summed E-state index contributed by atoms with van der Waals surface area (Å²) in [4.78, 5) is 5.57. The molecule has 0 amide bonds. The van der Waals surface area contributed by atoms with Crippen LogP contribution in [-0.4, -0.2) is 22.2 Å². The Balaban J connectivity index is 2.23. The first-order valence-electron chi connectivity index (χ1n) is 6.03. The van der Waals surface area contributed by atoms with E-state index in [0.717, 1.165) is 28.8 Å². The molecule has 1 aliphatic rings. The predicted octanol–water partition coefficient (Wildman–Crippen LogP) is 4.37. The van der Waals surface area contributed by atoms with Gasteiger partial charge in [-0.2, -0.15) is 0 Å². The van der Waals surface area contributed by atoms with Gasteiger partial charge in [0.05, 0.1) is 7.11 Å². The quantitative estimate of drug-likeness (QED) is 0.768. The summed E-state index contributed by atoms with van der Waals surface area (Å²) in [5, 5.41) is 1.33. The lowest BCUT2D eigenvalue weighted by Gasteiger charge is -2.10. The van der Waals surface area contributed by atoms with Crippen LogP contribution in [0.25, 0.3) is 10.9 Å². The van der Waals surface area contributed by atoms with Crippen molar-refractivity contribution in [2.45, 2.75) is 28.3 Å². The maximum atomic E-state index is 6.04. The molecule has 0 saturated carbocycles. The fraction of sp³-hybridized carbons (Fsp3) is 0.357. The minimum Gasteiger partial charge on any atom is -0.494 e. The zero-order valence-corrected chi connectivity index (χ0v) is 12.9. The van der Waals surface area contributed by atoms with Crippen LogP contribution >= 0.6 is 35.0 Å². The van der Waals surface area contributed by atoms with Crippen LogP contribution in [0.15, 0.2) is 23.1 Å². The summed E-state index contributed by atoms with van der Waals surface area (Å²) in [7, 11) is 1.67. The molecular formula is C14H13Cl2NOS. The van der Waals surface area contributed by atoms with Crippen molar-refractivity contribution in [2.75, 3.05) is 7.11 Å². The summed E-state index contributed by atoms with van der Waals surface area (Å²) in [6.07, 6.45) is 0.879. The number of halogens is 2. The standard InChI is InChI=1S/C14H13Cl2NOS/c1-7-9-6-11(14(15)16)19-13(9)8-4-3-5-10(18-2)12(8)17-7/h3-5,11,14H,6H2,1-2H3/t11-/m1/s1. The van der Waals surface area contributed by atoms with Gasteiger partial charge in [0.25, 0.3) is 0 Å². The monoisotopic (exact) mass is 313 g/mol. The Morgan fingerprint density at radius 1 is 1.42 bits per heavy atom. The highest BCUT2D eigenvalue weighted by molar-refractivity contribution is 8.00. The normalized spacial score (nSPS) is 18.1. The topological polar surface area (TPSA) is 22.1 Å². The van der Waals surface area contributed by atoms with E-state index in [1.54, 1.807) is 18.9 Å². The molecule has 1 aromatic carbocycles. The maximum absolute atomic E-state index is 6.04. The minimum absolute atomic E-state index is 0.204. The van der Waals surface area contributed by atoms with Gasteiger partial charge in [-0.25, -0.2) is 4.98 Å². The van der Waals surface area contributed by atoms with Gasteiger partial charge in [0, 0.05) is 21.2 Å². The van der Waals surface area contributed by atoms with Gasteiger partial charge in [-0.1, -0.05) is 12.1 Å². The first-order chi connectivity index (χ1) is 9.11. The third kappa shape index (κ3) is 2.18. The summed E-state index contributed by atoms with van der Waals surface area (Å²) < 4.78 is 5.39. The molecule has 1 aliphatic heterocycles. The number of aryl methyl sites for hydroxylation is 1. The number of thioether (sulfide) groups is 1. The molecule has 2 aromatic rings. The third-order valence-electron chi connectivity index (χ3n) is 3.41. The molecule has 0 bridgehead atoms. The van der Waals surface area contributed by atoms with Crippen molar-refractivity contribution >= 4 is 45.9 Å². The maximum Gasteiger partial charge on any atom is 0.145 e. The first kappa shape index (κ1) is 13.3. The highest BCUT2D eigenvalue weighted by Gasteiger charge is 2.30. The highest BCUT2D eigenvalue weighted by atomic mass is 35.5. The molecule has 0 N–H and O–H groups in total. The molecule has 0 radical (unpaired) electrons. The van der Waals surface area contributed by atoms with E-state index in [1.165, 1.54) is 10.5 Å². The number of methoxy groups -OCH3 is 1. The Hall–Kier alpha value is -0.640. The van der Waals surface area contributed by atoms with Crippen molar-refractivity contribution in [1.82, 2.24) is 4.98 Å². The number of benzene rings is 1. The molecule has 0 fully saturated rings. The van der Waals surface area contributed by atoms with Crippen LogP contribution in [0.2, 0.25) is 0 Å². The molecule has 100 valence electrons. The second kappa shape index (κ2) is 5.04. The van der Waals surface area contributed by atoms with Crippen LogP contribution in [0.4, 0.5) is 0 Å². The molecule has 2 nitrogen and oxygen atoms in total. The van der Waals surface area contributed by atoms with E-state index in [9.17, 15) is 0 Å². The predicted molar refractivity (Wildman–Crippen MR) is 81.9 cm³/mol. The van der Waals surface area contributed by atoms with Crippen LogP contribution in [-0.2, 0) is 6.42 Å². The SMILES string of the molecule is COc1cccc2c3c(c(C)nc12)C[C@H](C(Cl)Cl)S3. The summed E-state index contributed by atoms with van der Waals surface area (Å²) >= 11 is 13.8. The largest absolute Gasteiger partial charge is 0.494 e. The summed E-state index contributed by atoms with van der Waals surface area (Å²) in [6, 6.07) is 6.01. The van der Waals surface area contributed by atoms with Gasteiger partial charge in [-0.05, 0) is 25.0 Å². The van der Waals surface area contributed by atoms with Gasteiger partial charge < -0.3 is 4.74 Å². The van der Waals surface area contributed by atoms with Gasteiger partial charge >= 0.3 is 0 Å². The van der Waals surface area contributed by atoms with Crippen LogP contribution < -0.4 is 4.74 Å². The molecule has 0 saturated heterocycles. The van der Waals surface area contributed by atoms with E-state index in [4.69, 9.17) is 27.9 Å². The van der Waals surface area contributed by atoms with Gasteiger partial charge in [-0.15, -0.1) is 35.0 Å². The molecule has 1 atom stereocenters. The number of pyridine rings is 1. The Morgan fingerprint density at radius 3 is 2.89 bits per heavy atom. The van der Waals surface area contributed by atoms with Crippen molar-refractivity contribution < 1.29 is 4.74 Å². The summed E-state index contributed by atoms with van der Waals surface area (Å²) in [5.41, 5.74) is 3.22. The number of alkyl halides is 2. The van der Waals surface area contributed by atoms with E-state index in [0.29, 0.717) is 0 Å². The van der Waals surface area contributed by atoms with Crippen LogP contribution in [0.5, 0.6) is 5.75 Å². The number of ether oxygens (including phenoxy) is 1. The van der Waals surface area contributed by atoms with Crippen molar-refractivity contribution in [1.29, 1.82) is 0 Å². The van der Waals surface area contributed by atoms with Crippen LogP contribution in [0, 0.1) is 6.92 Å². The van der Waals surface area contributed by atoms with E-state index >= 15 is 0 Å². The Labute approximate surface area is 126 Å². The molecule has 19 heavy (non-hydrogen) atoms. The van der Waals surface area contributed by atoms with Gasteiger partial charge in [-0.3, -0.25) is 0 Å². The molecule has 2 heterocycles. The second-order valence-electron chi connectivity index (χ2n) is 4.56. The molecule has 5 heteroatoms. The van der Waals surface area contributed by atoms with Crippen molar-refractivity contribution in [2.24, 2.45) is 0 Å². The lowest BCUT2D eigenvalue weighted by molar-refractivity contribution is 0.418. The Bertz CT molecular complexity index is 645. The van der Waals surface area contributed by atoms with E-state index in [2.05, 4.69) is 11.1 Å². The number of hydrogen-bond acceptors (Lipinski definition) is 3. The number of aromatic nitrogens is 1. The van der Waals surface area contributed by atoms with Gasteiger partial charge in [0.1, 0.15) is 16.1 Å². The number of fused-ring (bicyclic) bond motifs is 3.